The first-order valence-corrected chi connectivity index (χ1v) is 8.52. The summed E-state index contributed by atoms with van der Waals surface area (Å²) >= 11 is 0. The summed E-state index contributed by atoms with van der Waals surface area (Å²) in [7, 11) is 0. The van der Waals surface area contributed by atoms with Crippen LogP contribution in [0.4, 0.5) is 21.8 Å². The summed E-state index contributed by atoms with van der Waals surface area (Å²) in [5, 5.41) is 3.22. The van der Waals surface area contributed by atoms with Gasteiger partial charge in [-0.15, -0.1) is 0 Å². The van der Waals surface area contributed by atoms with Crippen molar-refractivity contribution in [2.75, 3.05) is 17.8 Å². The minimum absolute atomic E-state index is 0.132. The lowest BCUT2D eigenvalue weighted by Gasteiger charge is -2.11. The number of hydrogen-bond donors (Lipinski definition) is 2. The van der Waals surface area contributed by atoms with Crippen LogP contribution in [0.3, 0.4) is 0 Å². The van der Waals surface area contributed by atoms with E-state index in [-0.39, 0.29) is 18.6 Å². The number of nitrogen functional groups attached to an aromatic ring is 1. The fourth-order valence-electron chi connectivity index (χ4n) is 3.01. The van der Waals surface area contributed by atoms with E-state index >= 15 is 0 Å². The topological polar surface area (TPSA) is 95.2 Å². The Morgan fingerprint density at radius 1 is 0.893 bits per heavy atom. The normalized spacial score (nSPS) is 12.3. The number of pyridine rings is 1. The van der Waals surface area contributed by atoms with Crippen molar-refractivity contribution >= 4 is 28.5 Å². The second-order valence-electron chi connectivity index (χ2n) is 6.19. The molecule has 2 aromatic carbocycles. The molecule has 2 aromatic heterocycles. The van der Waals surface area contributed by atoms with E-state index in [2.05, 4.69) is 20.3 Å². The van der Waals surface area contributed by atoms with E-state index in [1.54, 1.807) is 12.1 Å². The van der Waals surface area contributed by atoms with Gasteiger partial charge in [-0.1, -0.05) is 0 Å². The molecule has 28 heavy (non-hydrogen) atoms. The Bertz CT molecular complexity index is 1200. The highest BCUT2D eigenvalue weighted by Gasteiger charge is 2.15. The van der Waals surface area contributed by atoms with Crippen LogP contribution in [0.5, 0.6) is 11.5 Å². The molecule has 1 aliphatic heterocycles. The fraction of sp³-hybridized carbons (Fsp3) is 0.0500. The maximum atomic E-state index is 13.2. The highest BCUT2D eigenvalue weighted by molar-refractivity contribution is 5.90. The zero-order chi connectivity index (χ0) is 19.1. The standard InChI is InChI=1S/C20H14FN5O2/c21-12-3-1-11(2-4-12)14-6-7-15-18(24-14)19(26-20(22)25-15)23-13-5-8-16-17(9-13)28-10-27-16/h1-9H,10H2,(H3,22,23,25,26). The van der Waals surface area contributed by atoms with Gasteiger partial charge in [0.1, 0.15) is 11.3 Å². The van der Waals surface area contributed by atoms with Gasteiger partial charge in [0, 0.05) is 17.3 Å². The third kappa shape index (κ3) is 2.90. The van der Waals surface area contributed by atoms with E-state index in [1.165, 1.54) is 12.1 Å². The number of nitrogens with one attached hydrogen (secondary N) is 1. The van der Waals surface area contributed by atoms with Crippen molar-refractivity contribution in [2.24, 2.45) is 0 Å². The van der Waals surface area contributed by atoms with Crippen molar-refractivity contribution in [3.05, 3.63) is 60.4 Å². The lowest BCUT2D eigenvalue weighted by atomic mass is 10.1. The first-order chi connectivity index (χ1) is 13.7. The second kappa shape index (κ2) is 6.34. The molecule has 0 fully saturated rings. The fourth-order valence-corrected chi connectivity index (χ4v) is 3.01. The average Bonchev–Trinajstić information content (AvgIpc) is 3.16. The van der Waals surface area contributed by atoms with Crippen molar-refractivity contribution in [3.8, 4) is 22.8 Å². The van der Waals surface area contributed by atoms with E-state index in [1.807, 2.05) is 30.3 Å². The van der Waals surface area contributed by atoms with Crippen LogP contribution in [0.25, 0.3) is 22.3 Å². The predicted octanol–water partition coefficient (Wildman–Crippen LogP) is 3.89. The van der Waals surface area contributed by atoms with Crippen LogP contribution in [0.15, 0.2) is 54.6 Å². The Labute approximate surface area is 159 Å². The molecule has 0 saturated heterocycles. The SMILES string of the molecule is Nc1nc(Nc2ccc3c(c2)OCO3)c2nc(-c3ccc(F)cc3)ccc2n1. The molecule has 0 aliphatic carbocycles. The molecule has 0 amide bonds. The van der Waals surface area contributed by atoms with Crippen LogP contribution in [0.2, 0.25) is 0 Å². The smallest absolute Gasteiger partial charge is 0.231 e. The number of rotatable bonds is 3. The number of hydrogen-bond acceptors (Lipinski definition) is 7. The Kier molecular flexibility index (Phi) is 3.68. The van der Waals surface area contributed by atoms with Gasteiger partial charge in [0.2, 0.25) is 12.7 Å². The molecule has 1 aliphatic rings. The summed E-state index contributed by atoms with van der Waals surface area (Å²) in [5.74, 6) is 1.63. The third-order valence-electron chi connectivity index (χ3n) is 4.33. The summed E-state index contributed by atoms with van der Waals surface area (Å²) in [6.45, 7) is 0.199. The molecule has 3 heterocycles. The lowest BCUT2D eigenvalue weighted by molar-refractivity contribution is 0.174. The van der Waals surface area contributed by atoms with Gasteiger partial charge in [-0.05, 0) is 48.5 Å². The van der Waals surface area contributed by atoms with E-state index in [9.17, 15) is 4.39 Å². The van der Waals surface area contributed by atoms with Crippen LogP contribution in [0.1, 0.15) is 0 Å². The Balaban J connectivity index is 1.58. The molecule has 3 N–H and O–H groups in total. The van der Waals surface area contributed by atoms with Crippen molar-refractivity contribution in [1.82, 2.24) is 15.0 Å². The minimum atomic E-state index is -0.300. The molecule has 0 atom stereocenters. The molecule has 7 nitrogen and oxygen atoms in total. The molecule has 138 valence electrons. The molecule has 0 bridgehead atoms. The van der Waals surface area contributed by atoms with Crippen LogP contribution < -0.4 is 20.5 Å². The van der Waals surface area contributed by atoms with Gasteiger partial charge in [0.05, 0.1) is 11.2 Å². The number of benzene rings is 2. The first-order valence-electron chi connectivity index (χ1n) is 8.52. The zero-order valence-electron chi connectivity index (χ0n) is 14.5. The number of anilines is 3. The summed E-state index contributed by atoms with van der Waals surface area (Å²) in [5.41, 5.74) is 9.22. The summed E-state index contributed by atoms with van der Waals surface area (Å²) in [6.07, 6.45) is 0. The molecular formula is C20H14FN5O2. The van der Waals surface area contributed by atoms with Crippen molar-refractivity contribution in [2.45, 2.75) is 0 Å². The maximum absolute atomic E-state index is 13.2. The van der Waals surface area contributed by atoms with Crippen LogP contribution >= 0.6 is 0 Å². The number of nitrogens with two attached hydrogens (primary N) is 1. The van der Waals surface area contributed by atoms with Gasteiger partial charge in [-0.2, -0.15) is 4.98 Å². The predicted molar refractivity (Wildman–Crippen MR) is 103 cm³/mol. The second-order valence-corrected chi connectivity index (χ2v) is 6.19. The van der Waals surface area contributed by atoms with Gasteiger partial charge < -0.3 is 20.5 Å². The average molecular weight is 375 g/mol. The molecule has 0 spiro atoms. The number of nitrogens with zero attached hydrogens (tertiary/aromatic N) is 3. The van der Waals surface area contributed by atoms with Crippen LogP contribution in [-0.2, 0) is 0 Å². The Morgan fingerprint density at radius 3 is 2.57 bits per heavy atom. The molecule has 5 rings (SSSR count). The highest BCUT2D eigenvalue weighted by atomic mass is 19.1. The van der Waals surface area contributed by atoms with Crippen LogP contribution in [0, 0.1) is 5.82 Å². The maximum Gasteiger partial charge on any atom is 0.231 e. The Morgan fingerprint density at radius 2 is 1.71 bits per heavy atom. The van der Waals surface area contributed by atoms with E-state index in [0.29, 0.717) is 34.0 Å². The largest absolute Gasteiger partial charge is 0.454 e. The van der Waals surface area contributed by atoms with Gasteiger partial charge in [-0.25, -0.2) is 14.4 Å². The van der Waals surface area contributed by atoms with E-state index < -0.39 is 0 Å². The zero-order valence-corrected chi connectivity index (χ0v) is 14.5. The summed E-state index contributed by atoms with van der Waals surface area (Å²) in [4.78, 5) is 13.2. The number of halogens is 1. The minimum Gasteiger partial charge on any atom is -0.454 e. The van der Waals surface area contributed by atoms with Gasteiger partial charge in [-0.3, -0.25) is 0 Å². The van der Waals surface area contributed by atoms with Gasteiger partial charge >= 0.3 is 0 Å². The van der Waals surface area contributed by atoms with Crippen molar-refractivity contribution in [3.63, 3.8) is 0 Å². The summed E-state index contributed by atoms with van der Waals surface area (Å²) in [6, 6.07) is 15.2. The number of aromatic nitrogens is 3. The molecular weight excluding hydrogens is 361 g/mol. The monoisotopic (exact) mass is 375 g/mol. The van der Waals surface area contributed by atoms with Crippen LogP contribution in [-0.4, -0.2) is 21.7 Å². The molecule has 0 saturated carbocycles. The number of fused-ring (bicyclic) bond motifs is 2. The van der Waals surface area contributed by atoms with E-state index in [4.69, 9.17) is 15.2 Å². The van der Waals surface area contributed by atoms with Gasteiger partial charge in [0.15, 0.2) is 17.3 Å². The molecule has 4 aromatic rings. The van der Waals surface area contributed by atoms with Crippen molar-refractivity contribution in [1.29, 1.82) is 0 Å². The first kappa shape index (κ1) is 16.2. The lowest BCUT2D eigenvalue weighted by Crippen LogP contribution is -2.03. The highest BCUT2D eigenvalue weighted by Crippen LogP contribution is 2.35. The van der Waals surface area contributed by atoms with Crippen molar-refractivity contribution < 1.29 is 13.9 Å². The summed E-state index contributed by atoms with van der Waals surface area (Å²) < 4.78 is 24.0. The van der Waals surface area contributed by atoms with E-state index in [0.717, 1.165) is 11.3 Å². The number of ether oxygens (including phenoxy) is 2. The molecule has 0 unspecified atom stereocenters. The Hall–Kier alpha value is -3.94. The molecule has 8 heteroatoms. The molecule has 0 radical (unpaired) electrons. The quantitative estimate of drug-likeness (QED) is 0.561. The third-order valence-corrected chi connectivity index (χ3v) is 4.33. The van der Waals surface area contributed by atoms with Gasteiger partial charge in [0.25, 0.3) is 0 Å².